The lowest BCUT2D eigenvalue weighted by molar-refractivity contribution is -0.426. The Morgan fingerprint density at radius 3 is 2.44 bits per heavy atom. The van der Waals surface area contributed by atoms with Gasteiger partial charge in [-0.1, -0.05) is 64.4 Å². The van der Waals surface area contributed by atoms with Crippen molar-refractivity contribution in [2.45, 2.75) is 84.1 Å². The van der Waals surface area contributed by atoms with Crippen molar-refractivity contribution in [3.05, 3.63) is 86.1 Å². The molecule has 0 bridgehead atoms. The number of carbonyl (C=O) groups is 2. The Morgan fingerprint density at radius 1 is 1.18 bits per heavy atom. The molecule has 1 aliphatic rings. The fraction of sp³-hybridized carbons (Fsp3) is 0.467. The van der Waals surface area contributed by atoms with Crippen LogP contribution >= 0.6 is 0 Å². The van der Waals surface area contributed by atoms with Crippen LogP contribution in [0.5, 0.6) is 0 Å². The lowest BCUT2D eigenvalue weighted by atomic mass is 9.92. The van der Waals surface area contributed by atoms with Crippen LogP contribution in [-0.2, 0) is 17.4 Å². The third kappa shape index (κ3) is 7.22. The van der Waals surface area contributed by atoms with Crippen LogP contribution in [0.25, 0.3) is 6.08 Å². The minimum Gasteiger partial charge on any atom is -0.478 e. The largest absolute Gasteiger partial charge is 0.478 e. The number of nitrogens with zero attached hydrogens (tertiary/aromatic N) is 2. The summed E-state index contributed by atoms with van der Waals surface area (Å²) in [5, 5.41) is 21.4. The number of benzene rings is 2. The van der Waals surface area contributed by atoms with E-state index >= 15 is 0 Å². The molecule has 0 aliphatic carbocycles. The Morgan fingerprint density at radius 2 is 1.85 bits per heavy atom. The van der Waals surface area contributed by atoms with Gasteiger partial charge in [-0.15, -0.1) is 0 Å². The summed E-state index contributed by atoms with van der Waals surface area (Å²) < 4.78 is 6.55. The first-order valence-corrected chi connectivity index (χ1v) is 16.4. The van der Waals surface area contributed by atoms with E-state index in [4.69, 9.17) is 4.43 Å². The molecule has 8 nitrogen and oxygen atoms in total. The van der Waals surface area contributed by atoms with Gasteiger partial charge in [-0.3, -0.25) is 14.9 Å². The lowest BCUT2D eigenvalue weighted by Crippen LogP contribution is -2.50. The summed E-state index contributed by atoms with van der Waals surface area (Å²) in [5.41, 5.74) is 2.61. The summed E-state index contributed by atoms with van der Waals surface area (Å²) in [5.74, 6) is -1.53. The fourth-order valence-corrected chi connectivity index (χ4v) is 5.45. The van der Waals surface area contributed by atoms with Crippen molar-refractivity contribution in [1.82, 2.24) is 4.90 Å². The first-order valence-electron chi connectivity index (χ1n) is 13.5. The third-order valence-electron chi connectivity index (χ3n) is 7.93. The first kappa shape index (κ1) is 30.2. The number of carboxylic acids is 1. The molecule has 0 spiro atoms. The number of carboxylic acid groups (broad SMARTS) is 1. The summed E-state index contributed by atoms with van der Waals surface area (Å²) in [7, 11) is -2.11. The van der Waals surface area contributed by atoms with E-state index in [1.54, 1.807) is 4.90 Å². The Labute approximate surface area is 232 Å². The predicted octanol–water partition coefficient (Wildman–Crippen LogP) is 6.78. The van der Waals surface area contributed by atoms with Crippen LogP contribution in [-0.4, -0.2) is 47.8 Å². The Hall–Kier alpha value is -3.30. The topological polar surface area (TPSA) is 110 Å². The number of hydrogen-bond acceptors (Lipinski definition) is 5. The van der Waals surface area contributed by atoms with Crippen LogP contribution in [0.4, 0.5) is 0 Å². The molecule has 1 atom stereocenters. The highest BCUT2D eigenvalue weighted by Crippen LogP contribution is 2.37. The molecule has 1 N–H and O–H groups in total. The van der Waals surface area contributed by atoms with E-state index in [0.717, 1.165) is 17.5 Å². The van der Waals surface area contributed by atoms with Crippen molar-refractivity contribution in [2.24, 2.45) is 0 Å². The maximum atomic E-state index is 14.2. The van der Waals surface area contributed by atoms with Crippen molar-refractivity contribution in [3.8, 4) is 0 Å². The van der Waals surface area contributed by atoms with Crippen molar-refractivity contribution in [3.63, 3.8) is 0 Å². The number of allylic oxidation sites excluding steroid dienone is 1. The van der Waals surface area contributed by atoms with Crippen LogP contribution in [0.15, 0.2) is 48.2 Å². The highest BCUT2D eigenvalue weighted by molar-refractivity contribution is 6.74. The monoisotopic (exact) mass is 552 g/mol. The predicted molar refractivity (Wildman–Crippen MR) is 155 cm³/mol. The molecule has 2 aromatic rings. The second kappa shape index (κ2) is 12.3. The normalized spacial score (nSPS) is 16.1. The summed E-state index contributed by atoms with van der Waals surface area (Å²) in [6, 6.07) is 11.9. The summed E-state index contributed by atoms with van der Waals surface area (Å²) in [6.45, 7) is 13.5. The molecule has 1 unspecified atom stereocenters. The van der Waals surface area contributed by atoms with Crippen LogP contribution in [0.3, 0.4) is 0 Å². The van der Waals surface area contributed by atoms with Gasteiger partial charge in [0.1, 0.15) is 0 Å². The molecule has 9 heteroatoms. The maximum Gasteiger partial charge on any atom is 0.335 e. The Kier molecular flexibility index (Phi) is 9.50. The van der Waals surface area contributed by atoms with Gasteiger partial charge >= 0.3 is 5.97 Å². The molecule has 0 radical (unpaired) electrons. The molecule has 0 saturated heterocycles. The summed E-state index contributed by atoms with van der Waals surface area (Å²) >= 11 is 0. The zero-order valence-electron chi connectivity index (χ0n) is 23.8. The van der Waals surface area contributed by atoms with Crippen molar-refractivity contribution < 1.29 is 24.0 Å². The Bertz CT molecular complexity index is 1260. The average Bonchev–Trinajstić information content (AvgIpc) is 2.88. The fourth-order valence-electron chi connectivity index (χ4n) is 4.40. The molecule has 1 aliphatic heterocycles. The van der Waals surface area contributed by atoms with Gasteiger partial charge in [-0.2, -0.15) is 0 Å². The van der Waals surface area contributed by atoms with E-state index < -0.39 is 19.2 Å². The van der Waals surface area contributed by atoms with E-state index in [9.17, 15) is 24.8 Å². The zero-order chi connectivity index (χ0) is 29.0. The minimum absolute atomic E-state index is 0.000377. The lowest BCUT2D eigenvalue weighted by Gasteiger charge is -2.41. The molecular weight excluding hydrogens is 512 g/mol. The minimum atomic E-state index is -2.11. The van der Waals surface area contributed by atoms with Crippen LogP contribution < -0.4 is 0 Å². The SMILES string of the molecule is CCCCC(=Cc1ccc(C(=O)O)cc1C(=O)N1Cc2ccccc2CC1CO[Si](C)(C)C(C)(C)C)[N+](=O)[O-]. The molecule has 0 fully saturated rings. The Balaban J connectivity index is 2.07. The molecule has 2 aromatic carbocycles. The van der Waals surface area contributed by atoms with Gasteiger partial charge in [0.2, 0.25) is 5.70 Å². The highest BCUT2D eigenvalue weighted by atomic mass is 28.4. The summed E-state index contributed by atoms with van der Waals surface area (Å²) in [4.78, 5) is 39.1. The van der Waals surface area contributed by atoms with Crippen molar-refractivity contribution in [1.29, 1.82) is 0 Å². The third-order valence-corrected chi connectivity index (χ3v) is 12.4. The van der Waals surface area contributed by atoms with Gasteiger partial charge < -0.3 is 14.4 Å². The second-order valence-corrected chi connectivity index (χ2v) is 16.5. The van der Waals surface area contributed by atoms with E-state index in [0.29, 0.717) is 31.6 Å². The second-order valence-electron chi connectivity index (χ2n) is 11.7. The number of unbranched alkanes of at least 4 members (excludes halogenated alkanes) is 1. The van der Waals surface area contributed by atoms with E-state index in [1.165, 1.54) is 24.3 Å². The molecular formula is C30H40N2O6Si. The van der Waals surface area contributed by atoms with Gasteiger partial charge in [0.05, 0.1) is 23.1 Å². The first-order chi connectivity index (χ1) is 18.2. The molecule has 1 amide bonds. The average molecular weight is 553 g/mol. The molecule has 210 valence electrons. The molecule has 39 heavy (non-hydrogen) atoms. The van der Waals surface area contributed by atoms with Gasteiger partial charge in [0.25, 0.3) is 5.91 Å². The quantitative estimate of drug-likeness (QED) is 0.198. The van der Waals surface area contributed by atoms with Crippen molar-refractivity contribution in [2.75, 3.05) is 6.61 Å². The van der Waals surface area contributed by atoms with Crippen LogP contribution in [0, 0.1) is 10.1 Å². The number of fused-ring (bicyclic) bond motifs is 1. The number of amides is 1. The van der Waals surface area contributed by atoms with Crippen molar-refractivity contribution >= 4 is 26.3 Å². The number of hydrogen-bond donors (Lipinski definition) is 1. The van der Waals surface area contributed by atoms with Gasteiger partial charge in [0, 0.05) is 24.6 Å². The van der Waals surface area contributed by atoms with E-state index in [-0.39, 0.29) is 40.2 Å². The van der Waals surface area contributed by atoms with E-state index in [1.807, 2.05) is 25.1 Å². The highest BCUT2D eigenvalue weighted by Gasteiger charge is 2.39. The number of carbonyl (C=O) groups excluding carboxylic acids is 1. The molecule has 1 heterocycles. The number of rotatable bonds is 10. The van der Waals surface area contributed by atoms with Gasteiger partial charge in [-0.05, 0) is 59.8 Å². The van der Waals surface area contributed by atoms with Crippen LogP contribution in [0.1, 0.15) is 84.4 Å². The molecule has 3 rings (SSSR count). The maximum absolute atomic E-state index is 14.2. The number of nitro groups is 1. The summed E-state index contributed by atoms with van der Waals surface area (Å²) in [6.07, 6.45) is 3.71. The zero-order valence-corrected chi connectivity index (χ0v) is 24.8. The standard InChI is InChI=1S/C30H40N2O6Si/c1-7-8-13-25(32(36)37)17-22-14-15-23(29(34)35)18-27(22)28(33)31-19-24-12-10-9-11-21(24)16-26(31)20-38-39(5,6)30(2,3)4/h9-12,14-15,17-18,26H,7-8,13,16,19-20H2,1-6H3,(H,34,35). The smallest absolute Gasteiger partial charge is 0.335 e. The van der Waals surface area contributed by atoms with Gasteiger partial charge in [-0.25, -0.2) is 4.79 Å². The van der Waals surface area contributed by atoms with E-state index in [2.05, 4.69) is 39.9 Å². The number of aromatic carboxylic acids is 1. The molecule has 0 aromatic heterocycles. The molecule has 0 saturated carbocycles. The van der Waals surface area contributed by atoms with Gasteiger partial charge in [0.15, 0.2) is 8.32 Å². The van der Waals surface area contributed by atoms with Crippen LogP contribution in [0.2, 0.25) is 18.1 Å².